The minimum Gasteiger partial charge on any atom is -0.329 e. The highest BCUT2D eigenvalue weighted by Gasteiger charge is 2.15. The predicted octanol–water partition coefficient (Wildman–Crippen LogP) is 2.04. The molecule has 0 N–H and O–H groups in total. The van der Waals surface area contributed by atoms with Crippen molar-refractivity contribution in [3.63, 3.8) is 0 Å². The lowest BCUT2D eigenvalue weighted by molar-refractivity contribution is 0.606. The molecule has 0 bridgehead atoms. The molecule has 0 radical (unpaired) electrons. The topological polar surface area (TPSA) is 75.8 Å². The molecule has 0 spiro atoms. The third-order valence-corrected chi connectivity index (χ3v) is 3.81. The number of benzene rings is 1. The molecule has 0 saturated carbocycles. The Hall–Kier alpha value is -1.84. The highest BCUT2D eigenvalue weighted by molar-refractivity contribution is 8.13. The van der Waals surface area contributed by atoms with Crippen molar-refractivity contribution >= 4 is 19.7 Å². The largest absolute Gasteiger partial charge is 0.329 e. The molecule has 5 nitrogen and oxygen atoms in total. The Morgan fingerprint density at radius 1 is 1.37 bits per heavy atom. The lowest BCUT2D eigenvalue weighted by Crippen LogP contribution is -2.00. The van der Waals surface area contributed by atoms with Gasteiger partial charge in [0.2, 0.25) is 0 Å². The molecule has 0 fully saturated rings. The van der Waals surface area contributed by atoms with Crippen LogP contribution < -0.4 is 0 Å². The molecule has 0 aliphatic rings. The first-order valence-electron chi connectivity index (χ1n) is 5.37. The van der Waals surface area contributed by atoms with Gasteiger partial charge < -0.3 is 4.57 Å². The van der Waals surface area contributed by atoms with E-state index >= 15 is 0 Å². The Bertz CT molecular complexity index is 742. The molecule has 0 unspecified atom stereocenters. The molecule has 1 aromatic heterocycles. The maximum absolute atomic E-state index is 11.2. The summed E-state index contributed by atoms with van der Waals surface area (Å²) in [5.41, 5.74) is 1.52. The van der Waals surface area contributed by atoms with Gasteiger partial charge in [0, 0.05) is 23.4 Å². The monoisotopic (exact) mass is 295 g/mol. The van der Waals surface area contributed by atoms with Gasteiger partial charge in [0.05, 0.1) is 11.6 Å². The number of imidazole rings is 1. The van der Waals surface area contributed by atoms with Crippen molar-refractivity contribution in [3.8, 4) is 6.07 Å². The minimum absolute atomic E-state index is 0.152. The molecule has 2 rings (SSSR count). The lowest BCUT2D eigenvalue weighted by Gasteiger charge is -2.04. The van der Waals surface area contributed by atoms with E-state index in [9.17, 15) is 8.42 Å². The van der Waals surface area contributed by atoms with Gasteiger partial charge in [-0.3, -0.25) is 0 Å². The first-order valence-corrected chi connectivity index (χ1v) is 7.68. The van der Waals surface area contributed by atoms with Crippen LogP contribution in [-0.2, 0) is 15.6 Å². The van der Waals surface area contributed by atoms with Crippen LogP contribution in [0.3, 0.4) is 0 Å². The molecular weight excluding hydrogens is 286 g/mol. The van der Waals surface area contributed by atoms with Crippen LogP contribution >= 0.6 is 10.7 Å². The third kappa shape index (κ3) is 3.13. The summed E-state index contributed by atoms with van der Waals surface area (Å²) in [4.78, 5) is 3.90. The Balaban J connectivity index is 2.28. The van der Waals surface area contributed by atoms with Crippen molar-refractivity contribution in [1.82, 2.24) is 9.55 Å². The van der Waals surface area contributed by atoms with Crippen LogP contribution in [0.4, 0.5) is 0 Å². The van der Waals surface area contributed by atoms with Gasteiger partial charge in [0.15, 0.2) is 5.03 Å². The predicted molar refractivity (Wildman–Crippen MR) is 70.3 cm³/mol. The summed E-state index contributed by atoms with van der Waals surface area (Å²) in [6.45, 7) is 2.17. The van der Waals surface area contributed by atoms with Crippen molar-refractivity contribution in [2.45, 2.75) is 18.5 Å². The molecule has 19 heavy (non-hydrogen) atoms. The van der Waals surface area contributed by atoms with Crippen molar-refractivity contribution in [2.75, 3.05) is 0 Å². The molecular formula is C12H10ClN3O2S. The molecule has 7 heteroatoms. The van der Waals surface area contributed by atoms with Crippen LogP contribution in [0.15, 0.2) is 35.5 Å². The number of aromatic nitrogens is 2. The average Bonchev–Trinajstić information content (AvgIpc) is 2.72. The van der Waals surface area contributed by atoms with E-state index in [0.29, 0.717) is 17.9 Å². The van der Waals surface area contributed by atoms with E-state index in [2.05, 4.69) is 4.98 Å². The molecule has 1 aromatic carbocycles. The molecule has 98 valence electrons. The van der Waals surface area contributed by atoms with Crippen LogP contribution in [-0.4, -0.2) is 18.0 Å². The number of halogens is 1. The maximum atomic E-state index is 11.2. The van der Waals surface area contributed by atoms with Crippen molar-refractivity contribution in [2.24, 2.45) is 0 Å². The molecule has 0 atom stereocenters. The van der Waals surface area contributed by atoms with Crippen molar-refractivity contribution in [3.05, 3.63) is 47.4 Å². The van der Waals surface area contributed by atoms with Gasteiger partial charge in [0.25, 0.3) is 9.05 Å². The Kier molecular flexibility index (Phi) is 3.60. The van der Waals surface area contributed by atoms with E-state index < -0.39 is 9.05 Å². The first-order chi connectivity index (χ1) is 8.90. The van der Waals surface area contributed by atoms with Gasteiger partial charge in [0.1, 0.15) is 5.82 Å². The quantitative estimate of drug-likeness (QED) is 0.812. The second kappa shape index (κ2) is 5.03. The van der Waals surface area contributed by atoms with Gasteiger partial charge in [-0.05, 0) is 24.6 Å². The van der Waals surface area contributed by atoms with Crippen LogP contribution in [0, 0.1) is 18.3 Å². The number of hydrogen-bond donors (Lipinski definition) is 0. The van der Waals surface area contributed by atoms with Gasteiger partial charge >= 0.3 is 0 Å². The van der Waals surface area contributed by atoms with E-state index in [1.165, 1.54) is 6.20 Å². The fraction of sp³-hybridized carbons (Fsp3) is 0.167. The Morgan fingerprint density at radius 3 is 2.47 bits per heavy atom. The minimum atomic E-state index is -3.81. The van der Waals surface area contributed by atoms with Crippen LogP contribution in [0.25, 0.3) is 0 Å². The van der Waals surface area contributed by atoms with Gasteiger partial charge in [-0.15, -0.1) is 0 Å². The van der Waals surface area contributed by atoms with Crippen molar-refractivity contribution < 1.29 is 8.42 Å². The molecule has 0 aliphatic heterocycles. The van der Waals surface area contributed by atoms with E-state index in [1.807, 2.05) is 18.2 Å². The van der Waals surface area contributed by atoms with Gasteiger partial charge in [-0.2, -0.15) is 5.26 Å². The smallest absolute Gasteiger partial charge is 0.280 e. The molecule has 0 amide bonds. The zero-order valence-electron chi connectivity index (χ0n) is 10.0. The summed E-state index contributed by atoms with van der Waals surface area (Å²) in [6, 6.07) is 9.08. The number of rotatable bonds is 3. The summed E-state index contributed by atoms with van der Waals surface area (Å²) >= 11 is 0. The SMILES string of the molecule is Cc1nc(S(=O)(=O)Cl)cn1Cc1ccc(C#N)cc1. The fourth-order valence-corrected chi connectivity index (χ4v) is 2.36. The number of nitriles is 1. The lowest BCUT2D eigenvalue weighted by atomic mass is 10.1. The Morgan fingerprint density at radius 2 is 2.00 bits per heavy atom. The van der Waals surface area contributed by atoms with Crippen LogP contribution in [0.1, 0.15) is 17.0 Å². The average molecular weight is 296 g/mol. The highest BCUT2D eigenvalue weighted by atomic mass is 35.7. The van der Waals surface area contributed by atoms with E-state index in [4.69, 9.17) is 15.9 Å². The first kappa shape index (κ1) is 13.6. The van der Waals surface area contributed by atoms with E-state index in [0.717, 1.165) is 5.56 Å². The Labute approximate surface area is 115 Å². The summed E-state index contributed by atoms with van der Waals surface area (Å²) in [5.74, 6) is 0.559. The summed E-state index contributed by atoms with van der Waals surface area (Å²) < 4.78 is 24.1. The van der Waals surface area contributed by atoms with Crippen molar-refractivity contribution in [1.29, 1.82) is 5.26 Å². The number of nitrogens with zero attached hydrogens (tertiary/aromatic N) is 3. The van der Waals surface area contributed by atoms with E-state index in [-0.39, 0.29) is 5.03 Å². The normalized spacial score (nSPS) is 11.2. The van der Waals surface area contributed by atoms with Gasteiger partial charge in [-0.1, -0.05) is 12.1 Å². The molecule has 0 aliphatic carbocycles. The molecule has 1 heterocycles. The molecule has 2 aromatic rings. The standard InChI is InChI=1S/C12H10ClN3O2S/c1-9-15-12(19(13,17)18)8-16(9)7-11-4-2-10(6-14)3-5-11/h2-5,8H,7H2,1H3. The van der Waals surface area contributed by atoms with E-state index in [1.54, 1.807) is 23.6 Å². The van der Waals surface area contributed by atoms with Gasteiger partial charge in [-0.25, -0.2) is 13.4 Å². The zero-order chi connectivity index (χ0) is 14.0. The van der Waals surface area contributed by atoms with Crippen LogP contribution in [0.2, 0.25) is 0 Å². The summed E-state index contributed by atoms with van der Waals surface area (Å²) in [5, 5.41) is 8.56. The highest BCUT2D eigenvalue weighted by Crippen LogP contribution is 2.15. The second-order valence-electron chi connectivity index (χ2n) is 4.00. The zero-order valence-corrected chi connectivity index (χ0v) is 11.6. The maximum Gasteiger partial charge on any atom is 0.280 e. The number of aryl methyl sites for hydroxylation is 1. The fourth-order valence-electron chi connectivity index (χ4n) is 1.64. The van der Waals surface area contributed by atoms with Crippen LogP contribution in [0.5, 0.6) is 0 Å². The molecule has 0 saturated heterocycles. The third-order valence-electron chi connectivity index (χ3n) is 2.64. The second-order valence-corrected chi connectivity index (χ2v) is 6.51. The summed E-state index contributed by atoms with van der Waals surface area (Å²) in [6.07, 6.45) is 1.40. The number of hydrogen-bond acceptors (Lipinski definition) is 4. The summed E-state index contributed by atoms with van der Waals surface area (Å²) in [7, 11) is 1.44.